The Morgan fingerprint density at radius 1 is 1.33 bits per heavy atom. The quantitative estimate of drug-likeness (QED) is 0.812. The van der Waals surface area contributed by atoms with Crippen LogP contribution in [-0.2, 0) is 9.59 Å². The van der Waals surface area contributed by atoms with Crippen LogP contribution < -0.4 is 5.73 Å². The molecule has 1 saturated carbocycles. The highest BCUT2D eigenvalue weighted by Crippen LogP contribution is 2.35. The summed E-state index contributed by atoms with van der Waals surface area (Å²) in [5.41, 5.74) is 5.94. The Bertz CT molecular complexity index is 396. The summed E-state index contributed by atoms with van der Waals surface area (Å²) >= 11 is 1.58. The number of thioether (sulfide) groups is 1. The maximum atomic E-state index is 12.7. The summed E-state index contributed by atoms with van der Waals surface area (Å²) in [4.78, 5) is 25.7. The lowest BCUT2D eigenvalue weighted by Crippen LogP contribution is -2.51. The fourth-order valence-corrected chi connectivity index (χ4v) is 4.92. The van der Waals surface area contributed by atoms with E-state index in [-0.39, 0.29) is 17.7 Å². The number of nitrogens with two attached hydrogens (primary N) is 1. The Labute approximate surface area is 130 Å². The fraction of sp³-hybridized carbons (Fsp3) is 0.867. The predicted octanol–water partition coefficient (Wildman–Crippen LogP) is 2.19. The van der Waals surface area contributed by atoms with Crippen LogP contribution in [0.5, 0.6) is 0 Å². The van der Waals surface area contributed by atoms with Gasteiger partial charge in [-0.05, 0) is 19.3 Å². The zero-order valence-electron chi connectivity index (χ0n) is 12.7. The zero-order valence-corrected chi connectivity index (χ0v) is 13.5. The number of aliphatic carboxylic acids is 1. The molecular weight excluding hydrogens is 288 g/mol. The van der Waals surface area contributed by atoms with Gasteiger partial charge in [-0.3, -0.25) is 4.79 Å². The van der Waals surface area contributed by atoms with E-state index in [4.69, 9.17) is 5.73 Å². The van der Waals surface area contributed by atoms with Crippen molar-refractivity contribution in [3.63, 3.8) is 0 Å². The molecule has 1 heterocycles. The molecule has 2 atom stereocenters. The molecule has 0 aromatic rings. The van der Waals surface area contributed by atoms with Crippen LogP contribution in [0, 0.1) is 0 Å². The van der Waals surface area contributed by atoms with Crippen LogP contribution in [0.4, 0.5) is 0 Å². The number of carboxylic acid groups (broad SMARTS) is 1. The van der Waals surface area contributed by atoms with Crippen molar-refractivity contribution in [3.05, 3.63) is 0 Å². The lowest BCUT2D eigenvalue weighted by Gasteiger charge is -2.36. The molecule has 0 spiro atoms. The predicted molar refractivity (Wildman–Crippen MR) is 84.0 cm³/mol. The second-order valence-electron chi connectivity index (χ2n) is 6.33. The number of nitrogens with zero attached hydrogens (tertiary/aromatic N) is 1. The lowest BCUT2D eigenvalue weighted by molar-refractivity contribution is -0.149. The first-order chi connectivity index (χ1) is 9.97. The number of carboxylic acids is 1. The second kappa shape index (κ2) is 7.01. The maximum Gasteiger partial charge on any atom is 0.327 e. The molecule has 2 aliphatic rings. The highest BCUT2D eigenvalue weighted by molar-refractivity contribution is 8.00. The van der Waals surface area contributed by atoms with Crippen molar-refractivity contribution in [1.29, 1.82) is 0 Å². The zero-order chi connectivity index (χ0) is 15.5. The van der Waals surface area contributed by atoms with Crippen LogP contribution in [0.15, 0.2) is 0 Å². The van der Waals surface area contributed by atoms with E-state index in [1.54, 1.807) is 16.7 Å². The summed E-state index contributed by atoms with van der Waals surface area (Å²) < 4.78 is 0. The van der Waals surface area contributed by atoms with Crippen molar-refractivity contribution < 1.29 is 14.7 Å². The molecule has 120 valence electrons. The van der Waals surface area contributed by atoms with Gasteiger partial charge in [0.1, 0.15) is 6.04 Å². The van der Waals surface area contributed by atoms with Gasteiger partial charge in [0, 0.05) is 17.7 Å². The van der Waals surface area contributed by atoms with E-state index >= 15 is 0 Å². The number of carbonyl (C=O) groups is 2. The van der Waals surface area contributed by atoms with Gasteiger partial charge in [-0.15, -0.1) is 11.8 Å². The molecular formula is C15H26N2O3S. The molecule has 21 heavy (non-hydrogen) atoms. The number of amides is 1. The molecule has 2 rings (SSSR count). The van der Waals surface area contributed by atoms with Gasteiger partial charge in [-0.2, -0.15) is 0 Å². The van der Waals surface area contributed by atoms with Crippen molar-refractivity contribution >= 4 is 23.6 Å². The summed E-state index contributed by atoms with van der Waals surface area (Å²) in [6.45, 7) is 2.06. The molecule has 1 aliphatic carbocycles. The topological polar surface area (TPSA) is 83.6 Å². The van der Waals surface area contributed by atoms with Crippen molar-refractivity contribution in [2.45, 2.75) is 75.2 Å². The minimum atomic E-state index is -0.899. The molecule has 0 aromatic carbocycles. The van der Waals surface area contributed by atoms with E-state index in [1.165, 1.54) is 6.42 Å². The summed E-state index contributed by atoms with van der Waals surface area (Å²) in [7, 11) is 0. The van der Waals surface area contributed by atoms with E-state index in [0.29, 0.717) is 5.75 Å². The Balaban J connectivity index is 2.07. The fourth-order valence-electron chi connectivity index (χ4n) is 3.38. The van der Waals surface area contributed by atoms with Crippen molar-refractivity contribution in [2.75, 3.05) is 5.75 Å². The van der Waals surface area contributed by atoms with Gasteiger partial charge in [0.25, 0.3) is 0 Å². The SMILES string of the molecule is CCCC1SCC(C(=O)O)N1C(=O)CC1(N)CCCCC1. The van der Waals surface area contributed by atoms with E-state index < -0.39 is 17.6 Å². The minimum Gasteiger partial charge on any atom is -0.480 e. The van der Waals surface area contributed by atoms with Crippen LogP contribution in [0.1, 0.15) is 58.3 Å². The molecule has 1 saturated heterocycles. The summed E-state index contributed by atoms with van der Waals surface area (Å²) in [6.07, 6.45) is 7.14. The third-order valence-electron chi connectivity index (χ3n) is 4.55. The molecule has 6 heteroatoms. The van der Waals surface area contributed by atoms with E-state index in [1.807, 2.05) is 0 Å². The molecule has 5 nitrogen and oxygen atoms in total. The third kappa shape index (κ3) is 3.92. The summed E-state index contributed by atoms with van der Waals surface area (Å²) in [6, 6.07) is -0.689. The first-order valence-corrected chi connectivity index (χ1v) is 8.96. The number of carbonyl (C=O) groups excluding carboxylic acids is 1. The molecule has 3 N–H and O–H groups in total. The average molecular weight is 314 g/mol. The molecule has 0 bridgehead atoms. The van der Waals surface area contributed by atoms with Crippen LogP contribution in [-0.4, -0.2) is 44.6 Å². The van der Waals surface area contributed by atoms with Crippen molar-refractivity contribution in [1.82, 2.24) is 4.90 Å². The Hall–Kier alpha value is -0.750. The second-order valence-corrected chi connectivity index (χ2v) is 7.54. The normalized spacial score (nSPS) is 28.6. The molecule has 1 aliphatic heterocycles. The monoisotopic (exact) mass is 314 g/mol. The first-order valence-electron chi connectivity index (χ1n) is 7.91. The largest absolute Gasteiger partial charge is 0.480 e. The van der Waals surface area contributed by atoms with Crippen molar-refractivity contribution in [3.8, 4) is 0 Å². The number of rotatable bonds is 5. The summed E-state index contributed by atoms with van der Waals surface area (Å²) in [5, 5.41) is 9.35. The van der Waals surface area contributed by atoms with Crippen LogP contribution in [0.2, 0.25) is 0 Å². The molecule has 2 fully saturated rings. The van der Waals surface area contributed by atoms with Crippen LogP contribution in [0.25, 0.3) is 0 Å². The maximum absolute atomic E-state index is 12.7. The standard InChI is InChI=1S/C15H26N2O3S/c1-2-6-13-17(11(10-21-13)14(19)20)12(18)9-15(16)7-4-3-5-8-15/h11,13H,2-10,16H2,1H3,(H,19,20). The highest BCUT2D eigenvalue weighted by atomic mass is 32.2. The lowest BCUT2D eigenvalue weighted by atomic mass is 9.80. The summed E-state index contributed by atoms with van der Waals surface area (Å²) in [5.74, 6) is -0.483. The molecule has 0 radical (unpaired) electrons. The number of hydrogen-bond donors (Lipinski definition) is 2. The average Bonchev–Trinajstić information content (AvgIpc) is 2.83. The molecule has 2 unspecified atom stereocenters. The van der Waals surface area contributed by atoms with Gasteiger partial charge >= 0.3 is 5.97 Å². The van der Waals surface area contributed by atoms with Gasteiger partial charge in [0.05, 0.1) is 5.37 Å². The van der Waals surface area contributed by atoms with Gasteiger partial charge in [-0.1, -0.05) is 32.6 Å². The van der Waals surface area contributed by atoms with Gasteiger partial charge in [0.2, 0.25) is 5.91 Å². The van der Waals surface area contributed by atoms with Gasteiger partial charge in [-0.25, -0.2) is 4.79 Å². The van der Waals surface area contributed by atoms with E-state index in [0.717, 1.165) is 38.5 Å². The smallest absolute Gasteiger partial charge is 0.327 e. The Morgan fingerprint density at radius 2 is 2.00 bits per heavy atom. The van der Waals surface area contributed by atoms with Crippen LogP contribution in [0.3, 0.4) is 0 Å². The molecule has 1 amide bonds. The van der Waals surface area contributed by atoms with Crippen molar-refractivity contribution in [2.24, 2.45) is 5.73 Å². The van der Waals surface area contributed by atoms with E-state index in [2.05, 4.69) is 6.92 Å². The minimum absolute atomic E-state index is 0.00390. The first kappa shape index (κ1) is 16.6. The van der Waals surface area contributed by atoms with E-state index in [9.17, 15) is 14.7 Å². The van der Waals surface area contributed by atoms with Gasteiger partial charge in [0.15, 0.2) is 0 Å². The number of hydrogen-bond acceptors (Lipinski definition) is 4. The third-order valence-corrected chi connectivity index (χ3v) is 5.91. The van der Waals surface area contributed by atoms with Gasteiger partial charge < -0.3 is 15.7 Å². The highest BCUT2D eigenvalue weighted by Gasteiger charge is 2.43. The van der Waals surface area contributed by atoms with Crippen LogP contribution >= 0.6 is 11.8 Å². The Kier molecular flexibility index (Phi) is 5.54. The Morgan fingerprint density at radius 3 is 2.57 bits per heavy atom. The molecule has 0 aromatic heterocycles.